The van der Waals surface area contributed by atoms with E-state index < -0.39 is 0 Å². The lowest BCUT2D eigenvalue weighted by Gasteiger charge is -2.21. The van der Waals surface area contributed by atoms with Gasteiger partial charge in [0.1, 0.15) is 5.52 Å². The normalized spacial score (nSPS) is 15.8. The number of hydrogen-bond donors (Lipinski definition) is 1. The number of benzene rings is 2. The summed E-state index contributed by atoms with van der Waals surface area (Å²) in [6, 6.07) is 13.7. The van der Waals surface area contributed by atoms with Crippen LogP contribution in [0, 0.1) is 0 Å². The molecular formula is C20H19N3OS. The van der Waals surface area contributed by atoms with Crippen molar-refractivity contribution in [3.63, 3.8) is 0 Å². The van der Waals surface area contributed by atoms with Gasteiger partial charge in [-0.1, -0.05) is 31.4 Å². The molecule has 1 fully saturated rings. The summed E-state index contributed by atoms with van der Waals surface area (Å²) in [7, 11) is 0. The predicted octanol–water partition coefficient (Wildman–Crippen LogP) is 5.85. The lowest BCUT2D eigenvalue weighted by Crippen LogP contribution is -2.22. The highest BCUT2D eigenvalue weighted by Crippen LogP contribution is 2.30. The Bertz CT molecular complexity index is 1030. The number of nitrogens with zero attached hydrogens (tertiary/aromatic N) is 2. The van der Waals surface area contributed by atoms with Gasteiger partial charge in [-0.3, -0.25) is 0 Å². The van der Waals surface area contributed by atoms with Gasteiger partial charge in [-0.05, 0) is 48.2 Å². The van der Waals surface area contributed by atoms with Crippen molar-refractivity contribution in [2.75, 3.05) is 5.32 Å². The largest absolute Gasteiger partial charge is 0.424 e. The Balaban J connectivity index is 1.46. The summed E-state index contributed by atoms with van der Waals surface area (Å²) >= 11 is 1.67. The van der Waals surface area contributed by atoms with E-state index in [1.54, 1.807) is 11.3 Å². The molecule has 25 heavy (non-hydrogen) atoms. The second-order valence-electron chi connectivity index (χ2n) is 6.72. The Labute approximate surface area is 149 Å². The summed E-state index contributed by atoms with van der Waals surface area (Å²) in [5.41, 5.74) is 7.01. The van der Waals surface area contributed by atoms with Crippen LogP contribution in [0.15, 0.2) is 46.3 Å². The van der Waals surface area contributed by atoms with Crippen molar-refractivity contribution in [3.05, 3.63) is 41.9 Å². The Morgan fingerprint density at radius 3 is 2.72 bits per heavy atom. The third-order valence-electron chi connectivity index (χ3n) is 4.98. The Morgan fingerprint density at radius 1 is 0.960 bits per heavy atom. The third-order valence-corrected chi connectivity index (χ3v) is 5.78. The maximum atomic E-state index is 5.89. The molecule has 1 N–H and O–H groups in total. The Morgan fingerprint density at radius 2 is 1.80 bits per heavy atom. The fourth-order valence-corrected chi connectivity index (χ4v) is 4.34. The molecule has 0 aliphatic heterocycles. The molecule has 4 aromatic rings. The van der Waals surface area contributed by atoms with Crippen LogP contribution in [-0.4, -0.2) is 16.0 Å². The molecule has 4 nitrogen and oxygen atoms in total. The second kappa shape index (κ2) is 6.15. The van der Waals surface area contributed by atoms with Gasteiger partial charge >= 0.3 is 0 Å². The fraction of sp³-hybridized carbons (Fsp3) is 0.300. The predicted molar refractivity (Wildman–Crippen MR) is 103 cm³/mol. The van der Waals surface area contributed by atoms with Crippen LogP contribution >= 0.6 is 11.3 Å². The standard InChI is InChI=1S/C20H19N3OS/c1-2-4-15(5-3-1)22-20-23-17-10-13(7-9-18(17)24-20)14-6-8-16-19(11-14)25-12-21-16/h6-12,15H,1-5H2,(H,22,23). The zero-order valence-electron chi connectivity index (χ0n) is 13.9. The van der Waals surface area contributed by atoms with Crippen molar-refractivity contribution in [3.8, 4) is 11.1 Å². The highest BCUT2D eigenvalue weighted by atomic mass is 32.1. The molecule has 0 radical (unpaired) electrons. The molecule has 2 aromatic heterocycles. The van der Waals surface area contributed by atoms with Crippen LogP contribution in [0.5, 0.6) is 0 Å². The van der Waals surface area contributed by atoms with E-state index in [9.17, 15) is 0 Å². The molecule has 0 bridgehead atoms. The Kier molecular flexibility index (Phi) is 3.67. The number of aromatic nitrogens is 2. The number of thiazole rings is 1. The first-order valence-electron chi connectivity index (χ1n) is 8.86. The van der Waals surface area contributed by atoms with Gasteiger partial charge in [0.15, 0.2) is 5.58 Å². The van der Waals surface area contributed by atoms with Gasteiger partial charge in [0.25, 0.3) is 6.01 Å². The van der Waals surface area contributed by atoms with Crippen LogP contribution in [0.3, 0.4) is 0 Å². The van der Waals surface area contributed by atoms with Crippen LogP contribution in [0.1, 0.15) is 32.1 Å². The van der Waals surface area contributed by atoms with Gasteiger partial charge in [0.2, 0.25) is 0 Å². The Hall–Kier alpha value is -2.40. The molecule has 2 aromatic carbocycles. The molecule has 0 amide bonds. The average molecular weight is 349 g/mol. The van der Waals surface area contributed by atoms with Crippen LogP contribution in [0.25, 0.3) is 32.4 Å². The second-order valence-corrected chi connectivity index (χ2v) is 7.60. The van der Waals surface area contributed by atoms with Gasteiger partial charge in [0, 0.05) is 6.04 Å². The molecule has 2 heterocycles. The molecule has 126 valence electrons. The maximum absolute atomic E-state index is 5.89. The molecule has 0 unspecified atom stereocenters. The molecule has 1 aliphatic carbocycles. The number of anilines is 1. The van der Waals surface area contributed by atoms with E-state index in [1.165, 1.54) is 42.4 Å². The summed E-state index contributed by atoms with van der Waals surface area (Å²) in [6.07, 6.45) is 6.35. The van der Waals surface area contributed by atoms with Crippen molar-refractivity contribution < 1.29 is 4.42 Å². The zero-order chi connectivity index (χ0) is 16.6. The summed E-state index contributed by atoms with van der Waals surface area (Å²) in [4.78, 5) is 9.00. The minimum absolute atomic E-state index is 0.495. The fourth-order valence-electron chi connectivity index (χ4n) is 3.62. The number of oxazole rings is 1. The lowest BCUT2D eigenvalue weighted by molar-refractivity contribution is 0.451. The number of rotatable bonds is 3. The van der Waals surface area contributed by atoms with E-state index in [0.29, 0.717) is 12.1 Å². The molecule has 0 spiro atoms. The van der Waals surface area contributed by atoms with Crippen molar-refractivity contribution in [1.82, 2.24) is 9.97 Å². The van der Waals surface area contributed by atoms with Crippen molar-refractivity contribution in [2.24, 2.45) is 0 Å². The first kappa shape index (κ1) is 14.9. The van der Waals surface area contributed by atoms with Gasteiger partial charge in [0.05, 0.1) is 15.7 Å². The summed E-state index contributed by atoms with van der Waals surface area (Å²) in [5, 5.41) is 3.47. The average Bonchev–Trinajstić information content (AvgIpc) is 3.27. The molecule has 5 rings (SSSR count). The number of fused-ring (bicyclic) bond motifs is 2. The zero-order valence-corrected chi connectivity index (χ0v) is 14.7. The van der Waals surface area contributed by atoms with Crippen molar-refractivity contribution >= 4 is 38.7 Å². The quantitative estimate of drug-likeness (QED) is 0.504. The van der Waals surface area contributed by atoms with E-state index in [2.05, 4.69) is 45.6 Å². The lowest BCUT2D eigenvalue weighted by atomic mass is 9.96. The topological polar surface area (TPSA) is 51.0 Å². The molecular weight excluding hydrogens is 330 g/mol. The molecule has 0 atom stereocenters. The minimum Gasteiger partial charge on any atom is -0.424 e. The number of nitrogens with one attached hydrogen (secondary N) is 1. The minimum atomic E-state index is 0.495. The summed E-state index contributed by atoms with van der Waals surface area (Å²) in [6.45, 7) is 0. The molecule has 0 saturated heterocycles. The van der Waals surface area contributed by atoms with Gasteiger partial charge in [-0.25, -0.2) is 4.98 Å². The molecule has 5 heteroatoms. The van der Waals surface area contributed by atoms with E-state index in [-0.39, 0.29) is 0 Å². The summed E-state index contributed by atoms with van der Waals surface area (Å²) in [5.74, 6) is 0. The van der Waals surface area contributed by atoms with E-state index >= 15 is 0 Å². The van der Waals surface area contributed by atoms with Gasteiger partial charge < -0.3 is 9.73 Å². The van der Waals surface area contributed by atoms with E-state index in [1.807, 2.05) is 11.6 Å². The monoisotopic (exact) mass is 349 g/mol. The first-order valence-corrected chi connectivity index (χ1v) is 9.74. The molecule has 1 aliphatic rings. The highest BCUT2D eigenvalue weighted by Gasteiger charge is 2.16. The van der Waals surface area contributed by atoms with Gasteiger partial charge in [-0.2, -0.15) is 4.98 Å². The summed E-state index contributed by atoms with van der Waals surface area (Å²) < 4.78 is 7.10. The SMILES string of the molecule is c1nc2ccc(-c3ccc4oc(NC5CCCCC5)nc4c3)cc2s1. The van der Waals surface area contributed by atoms with E-state index in [4.69, 9.17) is 4.42 Å². The third kappa shape index (κ3) is 2.89. The molecule has 1 saturated carbocycles. The van der Waals surface area contributed by atoms with E-state index in [0.717, 1.165) is 22.2 Å². The number of hydrogen-bond acceptors (Lipinski definition) is 5. The van der Waals surface area contributed by atoms with Crippen LogP contribution in [0.4, 0.5) is 6.01 Å². The van der Waals surface area contributed by atoms with Gasteiger partial charge in [-0.15, -0.1) is 11.3 Å². The smallest absolute Gasteiger partial charge is 0.295 e. The van der Waals surface area contributed by atoms with Crippen LogP contribution in [-0.2, 0) is 0 Å². The van der Waals surface area contributed by atoms with Crippen molar-refractivity contribution in [1.29, 1.82) is 0 Å². The maximum Gasteiger partial charge on any atom is 0.295 e. The van der Waals surface area contributed by atoms with Crippen molar-refractivity contribution in [2.45, 2.75) is 38.1 Å². The highest BCUT2D eigenvalue weighted by molar-refractivity contribution is 7.16. The first-order chi connectivity index (χ1) is 12.3. The van der Waals surface area contributed by atoms with Crippen LogP contribution < -0.4 is 5.32 Å². The van der Waals surface area contributed by atoms with Crippen LogP contribution in [0.2, 0.25) is 0 Å².